The predicted molar refractivity (Wildman–Crippen MR) is 113 cm³/mol. The van der Waals surface area contributed by atoms with E-state index < -0.39 is 5.60 Å². The highest BCUT2D eigenvalue weighted by Crippen LogP contribution is 2.24. The van der Waals surface area contributed by atoms with Gasteiger partial charge in [0.15, 0.2) is 5.69 Å². The summed E-state index contributed by atoms with van der Waals surface area (Å²) < 4.78 is 5.49. The standard InChI is InChI=1S/C22H29N5O3/c1-22(2,3)30-21(29)27-10-9-18-17(15-27)19(24-23-18)20(28)26-13-11-25(12-14-26)16-7-5-4-6-8-16/h4-8H,9-15H2,1-3H3,(H,23,24). The molecule has 0 bridgehead atoms. The van der Waals surface area contributed by atoms with E-state index in [1.54, 1.807) is 4.90 Å². The molecule has 1 aromatic carbocycles. The van der Waals surface area contributed by atoms with Crippen LogP contribution >= 0.6 is 0 Å². The monoisotopic (exact) mass is 411 g/mol. The molecule has 0 saturated carbocycles. The number of carbonyl (C=O) groups excluding carboxylic acids is 2. The Morgan fingerprint density at radius 2 is 1.70 bits per heavy atom. The van der Waals surface area contributed by atoms with Gasteiger partial charge in [-0.05, 0) is 32.9 Å². The maximum absolute atomic E-state index is 13.2. The maximum atomic E-state index is 13.2. The first-order valence-electron chi connectivity index (χ1n) is 10.4. The Kier molecular flexibility index (Phi) is 5.40. The third kappa shape index (κ3) is 4.27. The number of rotatable bonds is 2. The van der Waals surface area contributed by atoms with Gasteiger partial charge in [0.25, 0.3) is 5.91 Å². The summed E-state index contributed by atoms with van der Waals surface area (Å²) in [6.07, 6.45) is 0.278. The summed E-state index contributed by atoms with van der Waals surface area (Å²) in [6.45, 7) is 9.29. The molecule has 160 valence electrons. The van der Waals surface area contributed by atoms with Gasteiger partial charge in [0.05, 0.1) is 6.54 Å². The lowest BCUT2D eigenvalue weighted by Crippen LogP contribution is -2.49. The summed E-state index contributed by atoms with van der Waals surface area (Å²) in [7, 11) is 0. The smallest absolute Gasteiger partial charge is 0.410 e. The van der Waals surface area contributed by atoms with Crippen LogP contribution in [0.15, 0.2) is 30.3 Å². The zero-order chi connectivity index (χ0) is 21.3. The fraction of sp³-hybridized carbons (Fsp3) is 0.500. The summed E-state index contributed by atoms with van der Waals surface area (Å²) in [5.41, 5.74) is 2.79. The molecular weight excluding hydrogens is 382 g/mol. The van der Waals surface area contributed by atoms with E-state index >= 15 is 0 Å². The Balaban J connectivity index is 1.42. The van der Waals surface area contributed by atoms with E-state index in [1.807, 2.05) is 43.9 Å². The van der Waals surface area contributed by atoms with Crippen LogP contribution < -0.4 is 4.90 Å². The molecule has 8 heteroatoms. The van der Waals surface area contributed by atoms with Crippen molar-refractivity contribution < 1.29 is 14.3 Å². The predicted octanol–water partition coefficient (Wildman–Crippen LogP) is 2.67. The van der Waals surface area contributed by atoms with Gasteiger partial charge in [-0.25, -0.2) is 4.79 Å². The number of piperazine rings is 1. The quantitative estimate of drug-likeness (QED) is 0.822. The van der Waals surface area contributed by atoms with Gasteiger partial charge in [-0.3, -0.25) is 9.89 Å². The molecule has 1 fully saturated rings. The normalized spacial score (nSPS) is 17.0. The zero-order valence-electron chi connectivity index (χ0n) is 17.9. The molecule has 1 saturated heterocycles. The fourth-order valence-corrected chi connectivity index (χ4v) is 3.91. The van der Waals surface area contributed by atoms with Crippen LogP contribution in [0, 0.1) is 0 Å². The van der Waals surface area contributed by atoms with Gasteiger partial charge >= 0.3 is 6.09 Å². The topological polar surface area (TPSA) is 81.8 Å². The third-order valence-electron chi connectivity index (χ3n) is 5.48. The number of nitrogens with zero attached hydrogens (tertiary/aromatic N) is 4. The molecule has 0 unspecified atom stereocenters. The number of carbonyl (C=O) groups is 2. The van der Waals surface area contributed by atoms with Crippen LogP contribution in [0.25, 0.3) is 0 Å². The van der Waals surface area contributed by atoms with Crippen LogP contribution in [0.3, 0.4) is 0 Å². The SMILES string of the molecule is CC(C)(C)OC(=O)N1CCc2[nH]nc(C(=O)N3CCN(c4ccccc4)CC3)c2C1. The average molecular weight is 412 g/mol. The number of benzene rings is 1. The van der Waals surface area contributed by atoms with Crippen LogP contribution in [0.5, 0.6) is 0 Å². The van der Waals surface area contributed by atoms with Gasteiger partial charge in [0.2, 0.25) is 0 Å². The lowest BCUT2D eigenvalue weighted by atomic mass is 10.0. The highest BCUT2D eigenvalue weighted by atomic mass is 16.6. The first-order chi connectivity index (χ1) is 14.3. The largest absolute Gasteiger partial charge is 0.444 e. The number of anilines is 1. The van der Waals surface area contributed by atoms with Crippen molar-refractivity contribution in [1.82, 2.24) is 20.0 Å². The first-order valence-corrected chi connectivity index (χ1v) is 10.4. The van der Waals surface area contributed by atoms with E-state index in [2.05, 4.69) is 27.2 Å². The minimum absolute atomic E-state index is 0.0775. The minimum Gasteiger partial charge on any atom is -0.444 e. The number of aromatic amines is 1. The van der Waals surface area contributed by atoms with Gasteiger partial charge in [0, 0.05) is 56.1 Å². The Labute approximate surface area is 176 Å². The molecule has 2 aliphatic heterocycles. The number of fused-ring (bicyclic) bond motifs is 1. The Morgan fingerprint density at radius 1 is 1.00 bits per heavy atom. The second-order valence-corrected chi connectivity index (χ2v) is 8.80. The van der Waals surface area contributed by atoms with Crippen molar-refractivity contribution in [3.05, 3.63) is 47.3 Å². The minimum atomic E-state index is -0.551. The summed E-state index contributed by atoms with van der Waals surface area (Å²) in [4.78, 5) is 31.4. The number of amides is 2. The second-order valence-electron chi connectivity index (χ2n) is 8.80. The molecule has 2 aliphatic rings. The third-order valence-corrected chi connectivity index (χ3v) is 5.48. The van der Waals surface area contributed by atoms with Crippen molar-refractivity contribution in [2.45, 2.75) is 39.3 Å². The lowest BCUT2D eigenvalue weighted by Gasteiger charge is -2.36. The number of ether oxygens (including phenoxy) is 1. The average Bonchev–Trinajstić information content (AvgIpc) is 3.16. The molecule has 0 aliphatic carbocycles. The molecule has 1 aromatic heterocycles. The molecule has 30 heavy (non-hydrogen) atoms. The van der Waals surface area contributed by atoms with Crippen molar-refractivity contribution in [3.63, 3.8) is 0 Å². The molecular formula is C22H29N5O3. The number of hydrogen-bond donors (Lipinski definition) is 1. The number of para-hydroxylation sites is 1. The van der Waals surface area contributed by atoms with Crippen molar-refractivity contribution >= 4 is 17.7 Å². The Hall–Kier alpha value is -3.03. The molecule has 8 nitrogen and oxygen atoms in total. The molecule has 0 spiro atoms. The molecule has 2 amide bonds. The van der Waals surface area contributed by atoms with Crippen molar-refractivity contribution in [2.75, 3.05) is 37.6 Å². The van der Waals surface area contributed by atoms with E-state index in [-0.39, 0.29) is 12.0 Å². The van der Waals surface area contributed by atoms with E-state index in [4.69, 9.17) is 4.74 Å². The number of nitrogens with one attached hydrogen (secondary N) is 1. The number of hydrogen-bond acceptors (Lipinski definition) is 5. The second kappa shape index (κ2) is 8.01. The highest BCUT2D eigenvalue weighted by Gasteiger charge is 2.32. The van der Waals surface area contributed by atoms with Gasteiger partial charge in [0.1, 0.15) is 5.60 Å². The van der Waals surface area contributed by atoms with Crippen molar-refractivity contribution in [1.29, 1.82) is 0 Å². The Bertz CT molecular complexity index is 911. The van der Waals surface area contributed by atoms with Crippen LogP contribution in [0.2, 0.25) is 0 Å². The highest BCUT2D eigenvalue weighted by molar-refractivity contribution is 5.94. The van der Waals surface area contributed by atoms with E-state index in [9.17, 15) is 9.59 Å². The molecule has 0 radical (unpaired) electrons. The number of aromatic nitrogens is 2. The van der Waals surface area contributed by atoms with E-state index in [0.717, 1.165) is 24.3 Å². The van der Waals surface area contributed by atoms with E-state index in [0.29, 0.717) is 38.3 Å². The summed E-state index contributed by atoms with van der Waals surface area (Å²) in [5, 5.41) is 7.31. The fourth-order valence-electron chi connectivity index (χ4n) is 3.91. The summed E-state index contributed by atoms with van der Waals surface area (Å²) >= 11 is 0. The summed E-state index contributed by atoms with van der Waals surface area (Å²) in [5.74, 6) is -0.0775. The summed E-state index contributed by atoms with van der Waals surface area (Å²) in [6, 6.07) is 10.2. The lowest BCUT2D eigenvalue weighted by molar-refractivity contribution is 0.0222. The molecule has 1 N–H and O–H groups in total. The molecule has 4 rings (SSSR count). The van der Waals surface area contributed by atoms with Gasteiger partial charge in [-0.15, -0.1) is 0 Å². The Morgan fingerprint density at radius 3 is 2.37 bits per heavy atom. The van der Waals surface area contributed by atoms with Crippen LogP contribution in [0.4, 0.5) is 10.5 Å². The van der Waals surface area contributed by atoms with Crippen LogP contribution in [0.1, 0.15) is 42.5 Å². The maximum Gasteiger partial charge on any atom is 0.410 e. The van der Waals surface area contributed by atoms with Crippen LogP contribution in [-0.2, 0) is 17.7 Å². The molecule has 0 atom stereocenters. The van der Waals surface area contributed by atoms with Gasteiger partial charge in [-0.2, -0.15) is 5.10 Å². The van der Waals surface area contributed by atoms with Gasteiger partial charge < -0.3 is 19.4 Å². The molecule has 3 heterocycles. The zero-order valence-corrected chi connectivity index (χ0v) is 17.9. The first kappa shape index (κ1) is 20.3. The molecule has 2 aromatic rings. The van der Waals surface area contributed by atoms with Crippen molar-refractivity contribution in [2.24, 2.45) is 0 Å². The number of H-pyrrole nitrogens is 1. The van der Waals surface area contributed by atoms with Gasteiger partial charge in [-0.1, -0.05) is 18.2 Å². The van der Waals surface area contributed by atoms with E-state index in [1.165, 1.54) is 5.69 Å². The van der Waals surface area contributed by atoms with Crippen molar-refractivity contribution in [3.8, 4) is 0 Å². The van der Waals surface area contributed by atoms with Crippen LogP contribution in [-0.4, -0.2) is 70.3 Å².